The van der Waals surface area contributed by atoms with Crippen LogP contribution >= 0.6 is 11.3 Å². The van der Waals surface area contributed by atoms with Crippen LogP contribution in [0.15, 0.2) is 6.07 Å². The third-order valence-electron chi connectivity index (χ3n) is 6.56. The average Bonchev–Trinajstić information content (AvgIpc) is 3.55. The second-order valence-corrected chi connectivity index (χ2v) is 10.7. The number of nitrogens with one attached hydrogen (secondary N) is 1. The van der Waals surface area contributed by atoms with E-state index >= 15 is 0 Å². The predicted molar refractivity (Wildman–Crippen MR) is 131 cm³/mol. The van der Waals surface area contributed by atoms with Crippen molar-refractivity contribution < 1.29 is 18.0 Å². The zero-order valence-corrected chi connectivity index (χ0v) is 21.3. The number of carbonyl (C=O) groups is 1. The largest absolute Gasteiger partial charge is 0.451 e. The number of halogens is 3. The maximum absolute atomic E-state index is 13.3. The van der Waals surface area contributed by atoms with Crippen molar-refractivity contribution in [2.24, 2.45) is 5.92 Å². The highest BCUT2D eigenvalue weighted by molar-refractivity contribution is 7.18. The lowest BCUT2D eigenvalue weighted by atomic mass is 10.2. The van der Waals surface area contributed by atoms with E-state index < -0.39 is 12.0 Å². The Morgan fingerprint density at radius 1 is 1.19 bits per heavy atom. The minimum Gasteiger partial charge on any atom is -0.351 e. The summed E-state index contributed by atoms with van der Waals surface area (Å²) in [6.45, 7) is 7.84. The molecule has 1 fully saturated rings. The molecule has 36 heavy (non-hydrogen) atoms. The van der Waals surface area contributed by atoms with Crippen LogP contribution in [0.2, 0.25) is 0 Å². The van der Waals surface area contributed by atoms with Crippen LogP contribution in [0.25, 0.3) is 10.2 Å². The first-order valence-electron chi connectivity index (χ1n) is 12.2. The predicted octanol–water partition coefficient (Wildman–Crippen LogP) is 3.63. The molecule has 2 aliphatic rings. The minimum absolute atomic E-state index is 0.0240. The van der Waals surface area contributed by atoms with Crippen molar-refractivity contribution in [2.75, 3.05) is 29.4 Å². The second kappa shape index (κ2) is 9.49. The van der Waals surface area contributed by atoms with Crippen LogP contribution in [0.4, 0.5) is 24.9 Å². The zero-order valence-electron chi connectivity index (χ0n) is 20.5. The molecule has 13 heteroatoms. The van der Waals surface area contributed by atoms with Gasteiger partial charge in [-0.25, -0.2) is 4.98 Å². The Morgan fingerprint density at radius 3 is 2.72 bits per heavy atom. The lowest BCUT2D eigenvalue weighted by molar-refractivity contribution is -0.147. The molecule has 0 saturated carbocycles. The van der Waals surface area contributed by atoms with Gasteiger partial charge in [-0.1, -0.05) is 27.2 Å². The number of aromatic nitrogens is 5. The van der Waals surface area contributed by atoms with Gasteiger partial charge in [0, 0.05) is 43.0 Å². The Morgan fingerprint density at radius 2 is 2.00 bits per heavy atom. The maximum atomic E-state index is 13.3. The molecule has 3 aromatic heterocycles. The molecule has 194 valence electrons. The lowest BCUT2D eigenvalue weighted by Crippen LogP contribution is -2.39. The first-order chi connectivity index (χ1) is 17.1. The summed E-state index contributed by atoms with van der Waals surface area (Å²) >= 11 is 1.63. The Balaban J connectivity index is 1.46. The van der Waals surface area contributed by atoms with Crippen LogP contribution in [0.5, 0.6) is 0 Å². The van der Waals surface area contributed by atoms with Crippen molar-refractivity contribution in [3.63, 3.8) is 0 Å². The molecule has 0 radical (unpaired) electrons. The Kier molecular flexibility index (Phi) is 6.52. The van der Waals surface area contributed by atoms with Gasteiger partial charge in [0.25, 0.3) is 0 Å². The van der Waals surface area contributed by atoms with Crippen LogP contribution in [-0.4, -0.2) is 56.3 Å². The Labute approximate surface area is 210 Å². The number of alkyl halides is 3. The Bertz CT molecular complexity index is 1270. The van der Waals surface area contributed by atoms with Gasteiger partial charge in [-0.3, -0.25) is 4.79 Å². The van der Waals surface area contributed by atoms with Crippen molar-refractivity contribution in [2.45, 2.75) is 65.3 Å². The molecule has 3 aromatic rings. The van der Waals surface area contributed by atoms with E-state index in [1.165, 1.54) is 4.88 Å². The maximum Gasteiger partial charge on any atom is 0.451 e. The number of thiophene rings is 1. The molecule has 1 amide bonds. The summed E-state index contributed by atoms with van der Waals surface area (Å²) in [4.78, 5) is 28.0. The molecule has 0 aliphatic carbocycles. The smallest absolute Gasteiger partial charge is 0.351 e. The van der Waals surface area contributed by atoms with Gasteiger partial charge in [-0.15, -0.1) is 21.5 Å². The highest BCUT2D eigenvalue weighted by Gasteiger charge is 2.40. The number of amides is 1. The summed E-state index contributed by atoms with van der Waals surface area (Å²) in [6, 6.07) is 2.12. The van der Waals surface area contributed by atoms with Crippen LogP contribution in [0.3, 0.4) is 0 Å². The van der Waals surface area contributed by atoms with Gasteiger partial charge in [-0.05, 0) is 18.9 Å². The normalized spacial score (nSPS) is 18.4. The molecular formula is C23H29F3N8OS. The zero-order chi connectivity index (χ0) is 25.6. The fraction of sp³-hybridized carbons (Fsp3) is 0.609. The standard InChI is InChI=1S/C23H29F3N8OS/c1-4-5-15-10-16-18(32-8-9-34-17(12-32)30-31-21(34)23(24,25)26)28-22(29-20(16)36-15)33-7-6-14(11-33)27-19(35)13(2)3/h10,13-14H,4-9,11-12H2,1-3H3,(H,27,35). The van der Waals surface area contributed by atoms with Gasteiger partial charge in [0.2, 0.25) is 17.7 Å². The van der Waals surface area contributed by atoms with Crippen molar-refractivity contribution in [3.05, 3.63) is 22.6 Å². The van der Waals surface area contributed by atoms with Gasteiger partial charge in [-0.2, -0.15) is 18.2 Å². The topological polar surface area (TPSA) is 92.1 Å². The number of aryl methyl sites for hydroxylation is 1. The van der Waals surface area contributed by atoms with Crippen LogP contribution in [-0.2, 0) is 30.5 Å². The first kappa shape index (κ1) is 24.7. The summed E-state index contributed by atoms with van der Waals surface area (Å²) < 4.78 is 41.1. The van der Waals surface area contributed by atoms with Crippen LogP contribution in [0, 0.1) is 5.92 Å². The van der Waals surface area contributed by atoms with Crippen LogP contribution in [0.1, 0.15) is 50.1 Å². The third-order valence-corrected chi connectivity index (χ3v) is 7.65. The fourth-order valence-corrected chi connectivity index (χ4v) is 5.79. The average molecular weight is 523 g/mol. The Hall–Kier alpha value is -2.96. The number of carbonyl (C=O) groups excluding carboxylic acids is 1. The van der Waals surface area contributed by atoms with E-state index in [1.807, 2.05) is 18.7 Å². The minimum atomic E-state index is -4.54. The molecule has 1 saturated heterocycles. The molecule has 0 aromatic carbocycles. The van der Waals surface area contributed by atoms with Gasteiger partial charge < -0.3 is 19.7 Å². The van der Waals surface area contributed by atoms with Gasteiger partial charge in [0.05, 0.1) is 11.9 Å². The van der Waals surface area contributed by atoms with E-state index in [0.29, 0.717) is 31.4 Å². The number of hydrogen-bond donors (Lipinski definition) is 1. The first-order valence-corrected chi connectivity index (χ1v) is 13.1. The van der Waals surface area contributed by atoms with E-state index in [4.69, 9.17) is 9.97 Å². The van der Waals surface area contributed by atoms with Crippen molar-refractivity contribution in [1.29, 1.82) is 0 Å². The van der Waals surface area contributed by atoms with E-state index in [-0.39, 0.29) is 36.8 Å². The summed E-state index contributed by atoms with van der Waals surface area (Å²) in [5.41, 5.74) is 0. The quantitative estimate of drug-likeness (QED) is 0.529. The van der Waals surface area contributed by atoms with Crippen LogP contribution < -0.4 is 15.1 Å². The SMILES string of the molecule is CCCc1cc2c(N3CCn4c(nnc4C(F)(F)F)C3)nc(N3CCC(NC(=O)C(C)C)C3)nc2s1. The molecule has 1 N–H and O–H groups in total. The molecule has 5 rings (SSSR count). The summed E-state index contributed by atoms with van der Waals surface area (Å²) in [5.74, 6) is 0.525. The molecule has 5 heterocycles. The molecule has 2 aliphatic heterocycles. The molecule has 1 atom stereocenters. The number of nitrogens with zero attached hydrogens (tertiary/aromatic N) is 7. The molecule has 0 spiro atoms. The molecular weight excluding hydrogens is 493 g/mol. The van der Waals surface area contributed by atoms with E-state index in [1.54, 1.807) is 11.3 Å². The number of anilines is 2. The number of rotatable bonds is 6. The third kappa shape index (κ3) is 4.72. The van der Waals surface area contributed by atoms with Crippen molar-refractivity contribution in [1.82, 2.24) is 30.0 Å². The second-order valence-electron chi connectivity index (χ2n) is 9.63. The highest BCUT2D eigenvalue weighted by atomic mass is 32.1. The van der Waals surface area contributed by atoms with Gasteiger partial charge in [0.15, 0.2) is 5.82 Å². The summed E-state index contributed by atoms with van der Waals surface area (Å²) in [5, 5.41) is 11.2. The van der Waals surface area contributed by atoms with Gasteiger partial charge >= 0.3 is 6.18 Å². The van der Waals surface area contributed by atoms with Gasteiger partial charge in [0.1, 0.15) is 10.6 Å². The number of hydrogen-bond acceptors (Lipinski definition) is 8. The molecule has 1 unspecified atom stereocenters. The summed E-state index contributed by atoms with van der Waals surface area (Å²) in [7, 11) is 0. The van der Waals surface area contributed by atoms with E-state index in [0.717, 1.165) is 34.0 Å². The van der Waals surface area contributed by atoms with E-state index in [9.17, 15) is 18.0 Å². The molecule has 0 bridgehead atoms. The van der Waals surface area contributed by atoms with Crippen molar-refractivity contribution >= 4 is 39.2 Å². The fourth-order valence-electron chi connectivity index (χ4n) is 4.67. The molecule has 9 nitrogen and oxygen atoms in total. The summed E-state index contributed by atoms with van der Waals surface area (Å²) in [6.07, 6.45) is -1.82. The monoisotopic (exact) mass is 522 g/mol. The number of fused-ring (bicyclic) bond motifs is 2. The lowest BCUT2D eigenvalue weighted by Gasteiger charge is -2.30. The van der Waals surface area contributed by atoms with E-state index in [2.05, 4.69) is 33.4 Å². The van der Waals surface area contributed by atoms with Crippen molar-refractivity contribution in [3.8, 4) is 0 Å². The highest BCUT2D eigenvalue weighted by Crippen LogP contribution is 2.36.